The number of nitrogen functional groups attached to an aromatic ring is 1. The van der Waals surface area contributed by atoms with Crippen LogP contribution in [0.1, 0.15) is 12.5 Å². The van der Waals surface area contributed by atoms with E-state index in [-0.39, 0.29) is 6.04 Å². The molecule has 16 heavy (non-hydrogen) atoms. The van der Waals surface area contributed by atoms with E-state index in [2.05, 4.69) is 4.98 Å². The van der Waals surface area contributed by atoms with Crippen LogP contribution < -0.4 is 5.73 Å². The molecule has 84 valence electrons. The number of imidazole rings is 1. The zero-order valence-electron chi connectivity index (χ0n) is 8.69. The topological polar surface area (TPSA) is 53.1 Å². The standard InChI is InChI=1S/C11H12ClN3O/c12-7-1-2-9-10(5-7)15(11(13)14-9)8-3-4-16-6-8/h1-2,5,8H,3-4,6H2,(H2,13,14). The van der Waals surface area contributed by atoms with Gasteiger partial charge in [0.15, 0.2) is 0 Å². The molecule has 1 unspecified atom stereocenters. The quantitative estimate of drug-likeness (QED) is 0.828. The monoisotopic (exact) mass is 237 g/mol. The molecule has 1 atom stereocenters. The van der Waals surface area contributed by atoms with E-state index < -0.39 is 0 Å². The Hall–Kier alpha value is -1.26. The third-order valence-corrected chi connectivity index (χ3v) is 3.18. The van der Waals surface area contributed by atoms with Crippen LogP contribution in [0.4, 0.5) is 5.95 Å². The Bertz CT molecular complexity index is 531. The van der Waals surface area contributed by atoms with Gasteiger partial charge >= 0.3 is 0 Å². The van der Waals surface area contributed by atoms with E-state index in [1.54, 1.807) is 0 Å². The maximum absolute atomic E-state index is 5.99. The van der Waals surface area contributed by atoms with E-state index in [1.807, 2.05) is 22.8 Å². The summed E-state index contributed by atoms with van der Waals surface area (Å²) in [6.07, 6.45) is 0.974. The van der Waals surface area contributed by atoms with Crippen LogP contribution >= 0.6 is 11.6 Å². The van der Waals surface area contributed by atoms with Crippen LogP contribution in [0.2, 0.25) is 5.02 Å². The summed E-state index contributed by atoms with van der Waals surface area (Å²) >= 11 is 5.99. The first-order chi connectivity index (χ1) is 7.75. The van der Waals surface area contributed by atoms with Gasteiger partial charge in [0, 0.05) is 11.6 Å². The van der Waals surface area contributed by atoms with Gasteiger partial charge in [0.1, 0.15) is 0 Å². The lowest BCUT2D eigenvalue weighted by Gasteiger charge is -2.12. The molecule has 1 aromatic carbocycles. The van der Waals surface area contributed by atoms with Gasteiger partial charge in [0.2, 0.25) is 5.95 Å². The molecule has 2 N–H and O–H groups in total. The van der Waals surface area contributed by atoms with Crippen molar-refractivity contribution in [1.82, 2.24) is 9.55 Å². The fraction of sp³-hybridized carbons (Fsp3) is 0.364. The summed E-state index contributed by atoms with van der Waals surface area (Å²) in [4.78, 5) is 4.33. The summed E-state index contributed by atoms with van der Waals surface area (Å²) < 4.78 is 7.40. The number of nitrogens with two attached hydrogens (primary N) is 1. The highest BCUT2D eigenvalue weighted by Gasteiger charge is 2.22. The first-order valence-electron chi connectivity index (χ1n) is 5.26. The summed E-state index contributed by atoms with van der Waals surface area (Å²) in [5.74, 6) is 0.535. The third-order valence-electron chi connectivity index (χ3n) is 2.95. The minimum absolute atomic E-state index is 0.281. The number of rotatable bonds is 1. The Morgan fingerprint density at radius 1 is 1.50 bits per heavy atom. The van der Waals surface area contributed by atoms with Crippen LogP contribution in [-0.2, 0) is 4.74 Å². The Balaban J connectivity index is 2.20. The number of nitrogens with zero attached hydrogens (tertiary/aromatic N) is 2. The lowest BCUT2D eigenvalue weighted by atomic mass is 10.2. The molecule has 1 aliphatic rings. The van der Waals surface area contributed by atoms with Crippen LogP contribution in [-0.4, -0.2) is 22.8 Å². The first kappa shape index (κ1) is 9.93. The predicted octanol–water partition coefficient (Wildman–Crippen LogP) is 2.23. The highest BCUT2D eigenvalue weighted by molar-refractivity contribution is 6.31. The molecular formula is C11H12ClN3O. The molecule has 0 bridgehead atoms. The van der Waals surface area contributed by atoms with Crippen molar-refractivity contribution in [3.8, 4) is 0 Å². The van der Waals surface area contributed by atoms with Crippen molar-refractivity contribution in [2.24, 2.45) is 0 Å². The minimum atomic E-state index is 0.281. The summed E-state index contributed by atoms with van der Waals surface area (Å²) in [7, 11) is 0. The largest absolute Gasteiger partial charge is 0.379 e. The van der Waals surface area contributed by atoms with E-state index in [4.69, 9.17) is 22.1 Å². The number of anilines is 1. The Kier molecular flexibility index (Phi) is 2.26. The molecule has 1 saturated heterocycles. The van der Waals surface area contributed by atoms with Gasteiger partial charge in [-0.25, -0.2) is 4.98 Å². The van der Waals surface area contributed by atoms with E-state index >= 15 is 0 Å². The number of hydrogen-bond acceptors (Lipinski definition) is 3. The van der Waals surface area contributed by atoms with Gasteiger partial charge in [-0.15, -0.1) is 0 Å². The van der Waals surface area contributed by atoms with Crippen LogP contribution in [0.25, 0.3) is 11.0 Å². The van der Waals surface area contributed by atoms with Crippen molar-refractivity contribution in [2.75, 3.05) is 18.9 Å². The maximum Gasteiger partial charge on any atom is 0.201 e. The van der Waals surface area contributed by atoms with Crippen molar-refractivity contribution in [1.29, 1.82) is 0 Å². The average molecular weight is 238 g/mol. The summed E-state index contributed by atoms with van der Waals surface area (Å²) in [5, 5.41) is 0.701. The fourth-order valence-corrected chi connectivity index (χ4v) is 2.36. The van der Waals surface area contributed by atoms with E-state index in [9.17, 15) is 0 Å². The molecule has 4 nitrogen and oxygen atoms in total. The zero-order valence-corrected chi connectivity index (χ0v) is 9.44. The molecule has 2 heterocycles. The lowest BCUT2D eigenvalue weighted by Crippen LogP contribution is -2.11. The van der Waals surface area contributed by atoms with Gasteiger partial charge in [-0.2, -0.15) is 0 Å². The molecular weight excluding hydrogens is 226 g/mol. The van der Waals surface area contributed by atoms with Crippen LogP contribution in [0, 0.1) is 0 Å². The smallest absolute Gasteiger partial charge is 0.201 e. The molecule has 0 spiro atoms. The molecule has 0 aliphatic carbocycles. The first-order valence-corrected chi connectivity index (χ1v) is 5.64. The predicted molar refractivity (Wildman–Crippen MR) is 63.6 cm³/mol. The van der Waals surface area contributed by atoms with Crippen molar-refractivity contribution >= 4 is 28.6 Å². The van der Waals surface area contributed by atoms with Gasteiger partial charge in [0.25, 0.3) is 0 Å². The highest BCUT2D eigenvalue weighted by Crippen LogP contribution is 2.29. The van der Waals surface area contributed by atoms with Gasteiger partial charge in [0.05, 0.1) is 23.7 Å². The minimum Gasteiger partial charge on any atom is -0.379 e. The lowest BCUT2D eigenvalue weighted by molar-refractivity contribution is 0.187. The van der Waals surface area contributed by atoms with Crippen LogP contribution in [0.3, 0.4) is 0 Å². The molecule has 3 rings (SSSR count). The summed E-state index contributed by atoms with van der Waals surface area (Å²) in [6.45, 7) is 1.48. The van der Waals surface area contributed by atoms with Gasteiger partial charge in [-0.3, -0.25) is 0 Å². The Labute approximate surface area is 98.0 Å². The highest BCUT2D eigenvalue weighted by atomic mass is 35.5. The molecule has 2 aromatic rings. The summed E-state index contributed by atoms with van der Waals surface area (Å²) in [6, 6.07) is 5.90. The maximum atomic E-state index is 5.99. The molecule has 1 aliphatic heterocycles. The van der Waals surface area contributed by atoms with Gasteiger partial charge < -0.3 is 15.0 Å². The molecule has 0 radical (unpaired) electrons. The van der Waals surface area contributed by atoms with Crippen molar-refractivity contribution in [3.63, 3.8) is 0 Å². The number of hydrogen-bond donors (Lipinski definition) is 1. The van der Waals surface area contributed by atoms with Crippen molar-refractivity contribution < 1.29 is 4.74 Å². The Morgan fingerprint density at radius 3 is 3.12 bits per heavy atom. The average Bonchev–Trinajstić information content (AvgIpc) is 2.83. The van der Waals surface area contributed by atoms with E-state index in [0.29, 0.717) is 17.6 Å². The van der Waals surface area contributed by atoms with E-state index in [0.717, 1.165) is 24.1 Å². The second-order valence-corrected chi connectivity index (χ2v) is 4.43. The fourth-order valence-electron chi connectivity index (χ4n) is 2.19. The van der Waals surface area contributed by atoms with Crippen molar-refractivity contribution in [3.05, 3.63) is 23.2 Å². The van der Waals surface area contributed by atoms with Gasteiger partial charge in [-0.1, -0.05) is 11.6 Å². The molecule has 0 saturated carbocycles. The Morgan fingerprint density at radius 2 is 2.38 bits per heavy atom. The van der Waals surface area contributed by atoms with Crippen LogP contribution in [0.15, 0.2) is 18.2 Å². The third kappa shape index (κ3) is 1.45. The number of halogens is 1. The number of fused-ring (bicyclic) bond motifs is 1. The van der Waals surface area contributed by atoms with Gasteiger partial charge in [-0.05, 0) is 24.6 Å². The molecule has 1 aromatic heterocycles. The normalized spacial score (nSPS) is 20.7. The number of ether oxygens (including phenoxy) is 1. The van der Waals surface area contributed by atoms with E-state index in [1.165, 1.54) is 0 Å². The summed E-state index contributed by atoms with van der Waals surface area (Å²) in [5.41, 5.74) is 7.81. The molecule has 0 amide bonds. The van der Waals surface area contributed by atoms with Crippen molar-refractivity contribution in [2.45, 2.75) is 12.5 Å². The number of aromatic nitrogens is 2. The second kappa shape index (κ2) is 3.64. The SMILES string of the molecule is Nc1nc2ccc(Cl)cc2n1C1CCOC1. The second-order valence-electron chi connectivity index (χ2n) is 3.99. The molecule has 5 heteroatoms. The zero-order chi connectivity index (χ0) is 11.1. The molecule has 1 fully saturated rings. The number of benzene rings is 1. The van der Waals surface area contributed by atoms with Crippen LogP contribution in [0.5, 0.6) is 0 Å².